The highest BCUT2D eigenvalue weighted by atomic mass is 32.1. The van der Waals surface area contributed by atoms with E-state index in [1.807, 2.05) is 156 Å². The lowest BCUT2D eigenvalue weighted by Crippen LogP contribution is -1.72. The quantitative estimate of drug-likeness (QED) is 0.154. The Morgan fingerprint density at radius 1 is 0.466 bits per heavy atom. The molecule has 13 heteroatoms. The number of aryl methyl sites for hydroxylation is 9. The van der Waals surface area contributed by atoms with Gasteiger partial charge in [0.05, 0.1) is 22.4 Å². The normalized spacial score (nSPS) is 8.78. The van der Waals surface area contributed by atoms with Gasteiger partial charge in [0.2, 0.25) is 0 Å². The number of pyridine rings is 3. The molecule has 0 saturated carbocycles. The van der Waals surface area contributed by atoms with Crippen molar-refractivity contribution in [1.82, 2.24) is 49.8 Å². The maximum Gasteiger partial charge on any atom is 0.102 e. The van der Waals surface area contributed by atoms with Crippen LogP contribution in [0.3, 0.4) is 0 Å². The highest BCUT2D eigenvalue weighted by Crippen LogP contribution is 2.00. The summed E-state index contributed by atoms with van der Waals surface area (Å²) in [5.74, 6) is 0.968. The maximum atomic E-state index is 3.98. The molecule has 0 aliphatic carbocycles. The molecule has 0 aliphatic heterocycles. The lowest BCUT2D eigenvalue weighted by atomic mass is 10.2. The van der Waals surface area contributed by atoms with Crippen LogP contribution in [0.25, 0.3) is 0 Å². The minimum Gasteiger partial charge on any atom is -0.349 e. The molecule has 2 N–H and O–H groups in total. The Kier molecular flexibility index (Phi) is 29.5. The number of hydrogen-bond donors (Lipinski definition) is 2. The molecule has 1 aromatic carbocycles. The van der Waals surface area contributed by atoms with Gasteiger partial charge in [-0.05, 0) is 97.7 Å². The highest BCUT2D eigenvalue weighted by molar-refractivity contribution is 7.09. The summed E-state index contributed by atoms with van der Waals surface area (Å²) < 4.78 is 0. The van der Waals surface area contributed by atoms with Crippen molar-refractivity contribution in [2.75, 3.05) is 0 Å². The van der Waals surface area contributed by atoms with Crippen LogP contribution < -0.4 is 0 Å². The van der Waals surface area contributed by atoms with Crippen LogP contribution in [0.1, 0.15) is 49.5 Å². The molecule has 0 radical (unpaired) electrons. The van der Waals surface area contributed by atoms with Gasteiger partial charge in [0.25, 0.3) is 0 Å². The van der Waals surface area contributed by atoms with E-state index in [0.29, 0.717) is 0 Å². The first kappa shape index (κ1) is 50.0. The average Bonchev–Trinajstić information content (AvgIpc) is 4.10. The van der Waals surface area contributed by atoms with Crippen LogP contribution in [-0.4, -0.2) is 49.8 Å². The molecule has 9 rings (SSSR count). The number of aromatic amines is 2. The van der Waals surface area contributed by atoms with Gasteiger partial charge in [-0.1, -0.05) is 54.1 Å². The third-order valence-electron chi connectivity index (χ3n) is 6.31. The molecule has 58 heavy (non-hydrogen) atoms. The average molecular weight is 833 g/mol. The first-order valence-corrected chi connectivity index (χ1v) is 20.8. The van der Waals surface area contributed by atoms with Gasteiger partial charge in [0, 0.05) is 94.7 Å². The molecule has 0 saturated heterocycles. The molecule has 0 bridgehead atoms. The van der Waals surface area contributed by atoms with E-state index in [4.69, 9.17) is 0 Å². The molecule has 0 spiro atoms. The van der Waals surface area contributed by atoms with Crippen LogP contribution in [0.15, 0.2) is 163 Å². The molecule has 8 aromatic heterocycles. The first-order valence-electron chi connectivity index (χ1n) is 18.1. The smallest absolute Gasteiger partial charge is 0.102 e. The van der Waals surface area contributed by atoms with Crippen LogP contribution in [0, 0.1) is 62.3 Å². The van der Waals surface area contributed by atoms with Crippen LogP contribution in [-0.2, 0) is 0 Å². The summed E-state index contributed by atoms with van der Waals surface area (Å²) in [6, 6.07) is 24.0. The van der Waals surface area contributed by atoms with Gasteiger partial charge in [-0.2, -0.15) is 0 Å². The summed E-state index contributed by atoms with van der Waals surface area (Å²) in [6.07, 6.45) is 19.6. The fraction of sp³-hybridized carbons (Fsp3) is 0.200. The summed E-state index contributed by atoms with van der Waals surface area (Å²) in [6.45, 7) is 18.0. The van der Waals surface area contributed by atoms with Crippen molar-refractivity contribution in [3.05, 3.63) is 212 Å². The van der Waals surface area contributed by atoms with Crippen molar-refractivity contribution in [3.63, 3.8) is 0 Å². The molecule has 0 amide bonds. The molecule has 304 valence electrons. The zero-order valence-electron chi connectivity index (χ0n) is 34.9. The molecule has 0 aliphatic rings. The first-order chi connectivity index (χ1) is 28.0. The Labute approximate surface area is 356 Å². The van der Waals surface area contributed by atoms with Crippen molar-refractivity contribution < 1.29 is 0 Å². The van der Waals surface area contributed by atoms with Gasteiger partial charge in [-0.3, -0.25) is 29.9 Å². The molecule has 0 unspecified atom stereocenters. The Hall–Kier alpha value is -6.02. The summed E-state index contributed by atoms with van der Waals surface area (Å²) in [7, 11) is 0. The summed E-state index contributed by atoms with van der Waals surface area (Å²) in [5, 5.41) is 5.12. The monoisotopic (exact) mass is 832 g/mol. The highest BCUT2D eigenvalue weighted by Gasteiger charge is 1.79. The van der Waals surface area contributed by atoms with Crippen LogP contribution in [0.2, 0.25) is 0 Å². The number of benzene rings is 1. The van der Waals surface area contributed by atoms with E-state index >= 15 is 0 Å². The van der Waals surface area contributed by atoms with Crippen molar-refractivity contribution in [3.8, 4) is 0 Å². The number of rotatable bonds is 0. The SMILES string of the molecule is Cc1ccccc1.Cc1ccccn1.Cc1cccnc1.Cc1cccnc1.Cc1cnc[nH]1.Cc1cncs1.Cc1cscn1.Cc1ncc[nH]1.Cc1nccs1. The number of imidazole rings is 2. The predicted octanol–water partition coefficient (Wildman–Crippen LogP) is 12.0. The van der Waals surface area contributed by atoms with Crippen molar-refractivity contribution in [1.29, 1.82) is 0 Å². The molecule has 10 nitrogen and oxygen atoms in total. The fourth-order valence-corrected chi connectivity index (χ4v) is 4.79. The molecule has 8 heterocycles. The third kappa shape index (κ3) is 32.2. The zero-order chi connectivity index (χ0) is 42.5. The second-order valence-corrected chi connectivity index (χ2v) is 14.8. The summed E-state index contributed by atoms with van der Waals surface area (Å²) >= 11 is 4.96. The Balaban J connectivity index is 0.000000327. The number of H-pyrrole nitrogens is 2. The van der Waals surface area contributed by atoms with Crippen LogP contribution in [0.5, 0.6) is 0 Å². The summed E-state index contributed by atoms with van der Waals surface area (Å²) in [5.41, 5.74) is 10.7. The Morgan fingerprint density at radius 3 is 1.33 bits per heavy atom. The van der Waals surface area contributed by atoms with E-state index in [0.717, 1.165) is 27.9 Å². The minimum atomic E-state index is 0.968. The molecule has 9 aromatic rings. The zero-order valence-corrected chi connectivity index (χ0v) is 37.3. The van der Waals surface area contributed by atoms with Crippen molar-refractivity contribution in [2.45, 2.75) is 62.3 Å². The Bertz CT molecular complexity index is 1740. The molecule has 0 atom stereocenters. The Morgan fingerprint density at radius 2 is 1.14 bits per heavy atom. The van der Waals surface area contributed by atoms with Gasteiger partial charge in [0.1, 0.15) is 5.82 Å². The van der Waals surface area contributed by atoms with Crippen LogP contribution in [0.4, 0.5) is 0 Å². The van der Waals surface area contributed by atoms with E-state index < -0.39 is 0 Å². The number of nitrogens with zero attached hydrogens (tertiary/aromatic N) is 8. The van der Waals surface area contributed by atoms with E-state index in [1.54, 1.807) is 83.7 Å². The van der Waals surface area contributed by atoms with Gasteiger partial charge < -0.3 is 9.97 Å². The predicted molar refractivity (Wildman–Crippen MR) is 245 cm³/mol. The van der Waals surface area contributed by atoms with Gasteiger partial charge >= 0.3 is 0 Å². The standard InChI is InChI=1S/C7H8.3C6H7N.2C4H6N2.3C4H5NS/c1-7-5-3-2-4-6-7;2*1-6-3-2-4-7-5-6;1-6-4-2-3-5-7-6;1-4-2-5-3-6-4;1-4-5-2-3-6-4;1-4-2-6-3-5-4;1-4-2-5-3-6-4;1-4-5-2-3-6-4/h2-6H,1H3;3*2-5H,1H3;2*2-3H,1H3,(H,5,6);3*2-3H,1H3. The van der Waals surface area contributed by atoms with Gasteiger partial charge in [0.15, 0.2) is 0 Å². The van der Waals surface area contributed by atoms with E-state index in [-0.39, 0.29) is 0 Å². The van der Waals surface area contributed by atoms with E-state index in [2.05, 4.69) is 68.9 Å². The minimum absolute atomic E-state index is 0.968. The van der Waals surface area contributed by atoms with E-state index in [1.165, 1.54) is 21.6 Å². The van der Waals surface area contributed by atoms with Gasteiger partial charge in [-0.25, -0.2) is 9.97 Å². The van der Waals surface area contributed by atoms with Crippen LogP contribution >= 0.6 is 34.0 Å². The third-order valence-corrected chi connectivity index (χ3v) is 8.42. The second kappa shape index (κ2) is 34.2. The lowest BCUT2D eigenvalue weighted by Gasteiger charge is -1.82. The number of aromatic nitrogens is 10. The largest absolute Gasteiger partial charge is 0.349 e. The number of hydrogen-bond acceptors (Lipinski definition) is 11. The topological polar surface area (TPSA) is 135 Å². The summed E-state index contributed by atoms with van der Waals surface area (Å²) in [4.78, 5) is 38.1. The van der Waals surface area contributed by atoms with Crippen molar-refractivity contribution >= 4 is 34.0 Å². The molecular formula is C45H56N10S3. The van der Waals surface area contributed by atoms with Crippen molar-refractivity contribution in [2.24, 2.45) is 0 Å². The maximum absolute atomic E-state index is 3.98. The lowest BCUT2D eigenvalue weighted by molar-refractivity contribution is 1.15. The van der Waals surface area contributed by atoms with E-state index in [9.17, 15) is 0 Å². The molecular weight excluding hydrogens is 777 g/mol. The van der Waals surface area contributed by atoms with Gasteiger partial charge in [-0.15, -0.1) is 34.0 Å². The number of thiazole rings is 3. The second-order valence-electron chi connectivity index (χ2n) is 11.9. The fourth-order valence-electron chi connectivity index (χ4n) is 3.40. The number of nitrogens with one attached hydrogen (secondary N) is 2. The molecule has 0 fully saturated rings.